The molecule has 2 amide bonds. The fraction of sp³-hybridized carbons (Fsp3) is 0.471. The van der Waals surface area contributed by atoms with E-state index in [-0.39, 0.29) is 11.6 Å². The van der Waals surface area contributed by atoms with Crippen LogP contribution in [0.5, 0.6) is 0 Å². The molecule has 2 N–H and O–H groups in total. The second kappa shape index (κ2) is 5.90. The number of urea groups is 1. The molecule has 1 aliphatic carbocycles. The van der Waals surface area contributed by atoms with Crippen LogP contribution in [-0.2, 0) is 0 Å². The van der Waals surface area contributed by atoms with E-state index in [1.807, 2.05) is 36.4 Å². The summed E-state index contributed by atoms with van der Waals surface area (Å²) in [6, 6.07) is 9.70. The van der Waals surface area contributed by atoms with Gasteiger partial charge in [0.15, 0.2) is 0 Å². The molecule has 3 rings (SSSR count). The number of hydrogen-bond donors (Lipinski definition) is 2. The minimum Gasteiger partial charge on any atom is -0.335 e. The van der Waals surface area contributed by atoms with Crippen LogP contribution in [0, 0.1) is 5.92 Å². The first-order chi connectivity index (χ1) is 10.2. The molecule has 1 spiro atoms. The van der Waals surface area contributed by atoms with E-state index < -0.39 is 0 Å². The maximum absolute atomic E-state index is 12.2. The van der Waals surface area contributed by atoms with E-state index in [9.17, 15) is 4.79 Å². The third kappa shape index (κ3) is 2.68. The predicted octanol–water partition coefficient (Wildman–Crippen LogP) is 3.23. The maximum atomic E-state index is 12.2. The van der Waals surface area contributed by atoms with Gasteiger partial charge in [0.25, 0.3) is 0 Å². The van der Waals surface area contributed by atoms with Crippen molar-refractivity contribution in [2.24, 2.45) is 5.92 Å². The Labute approximate surface area is 126 Å². The lowest BCUT2D eigenvalue weighted by Gasteiger charge is -2.50. The van der Waals surface area contributed by atoms with Crippen molar-refractivity contribution >= 4 is 11.7 Å². The van der Waals surface area contributed by atoms with Gasteiger partial charge in [-0.25, -0.2) is 15.2 Å². The molecule has 4 nitrogen and oxygen atoms in total. The molecule has 4 heteroatoms. The predicted molar refractivity (Wildman–Crippen MR) is 85.0 cm³/mol. The highest BCUT2D eigenvalue weighted by molar-refractivity contribution is 5.92. The number of para-hydroxylation sites is 1. The summed E-state index contributed by atoms with van der Waals surface area (Å²) in [5.74, 6) is 0.524. The summed E-state index contributed by atoms with van der Waals surface area (Å²) in [5.41, 5.74) is 4.38. The number of allylic oxidation sites excluding steroid dienone is 1. The molecular weight excluding hydrogens is 262 g/mol. The highest BCUT2D eigenvalue weighted by atomic mass is 16.2. The number of hydrazine groups is 1. The summed E-state index contributed by atoms with van der Waals surface area (Å²) in [4.78, 5) is 12.2. The zero-order valence-electron chi connectivity index (χ0n) is 12.3. The summed E-state index contributed by atoms with van der Waals surface area (Å²) < 4.78 is 0. The van der Waals surface area contributed by atoms with Gasteiger partial charge in [-0.2, -0.15) is 0 Å². The van der Waals surface area contributed by atoms with E-state index in [4.69, 9.17) is 0 Å². The van der Waals surface area contributed by atoms with Gasteiger partial charge in [0.05, 0.1) is 11.2 Å². The Bertz CT molecular complexity index is 516. The first-order valence-electron chi connectivity index (χ1n) is 7.77. The first-order valence-corrected chi connectivity index (χ1v) is 7.77. The standard InChI is InChI=1S/C17H23N3O/c1-2-8-14-9-6-7-12-17(14)13-18-16(21)20(19-17)15-10-4-3-5-11-15/h2-5,10-11,14,19H,1,6-9,12-13H2,(H,18,21)/t14-,17-/m0/s1. The van der Waals surface area contributed by atoms with Crippen LogP contribution >= 0.6 is 0 Å². The minimum atomic E-state index is -0.0743. The molecule has 1 aromatic carbocycles. The molecule has 2 aliphatic rings. The molecule has 1 aromatic rings. The van der Waals surface area contributed by atoms with Crippen molar-refractivity contribution in [2.75, 3.05) is 11.6 Å². The average Bonchev–Trinajstić information content (AvgIpc) is 2.53. The maximum Gasteiger partial charge on any atom is 0.336 e. The van der Waals surface area contributed by atoms with E-state index in [0.29, 0.717) is 12.5 Å². The van der Waals surface area contributed by atoms with Crippen molar-refractivity contribution in [3.8, 4) is 0 Å². The second-order valence-electron chi connectivity index (χ2n) is 6.06. The van der Waals surface area contributed by atoms with E-state index >= 15 is 0 Å². The lowest BCUT2D eigenvalue weighted by atomic mass is 9.71. The third-order valence-electron chi connectivity index (χ3n) is 4.77. The number of anilines is 1. The van der Waals surface area contributed by atoms with Gasteiger partial charge in [-0.1, -0.05) is 37.1 Å². The van der Waals surface area contributed by atoms with Gasteiger partial charge in [0.1, 0.15) is 0 Å². The van der Waals surface area contributed by atoms with Gasteiger partial charge < -0.3 is 5.32 Å². The molecule has 1 saturated heterocycles. The van der Waals surface area contributed by atoms with Crippen molar-refractivity contribution < 1.29 is 4.79 Å². The molecule has 0 radical (unpaired) electrons. The molecule has 0 bridgehead atoms. The fourth-order valence-corrected chi connectivity index (χ4v) is 3.62. The second-order valence-corrected chi connectivity index (χ2v) is 6.06. The van der Waals surface area contributed by atoms with E-state index in [1.165, 1.54) is 19.3 Å². The summed E-state index contributed by atoms with van der Waals surface area (Å²) in [6.45, 7) is 4.60. The van der Waals surface area contributed by atoms with Crippen LogP contribution in [0.25, 0.3) is 0 Å². The molecular formula is C17H23N3O. The Morgan fingerprint density at radius 1 is 1.33 bits per heavy atom. The topological polar surface area (TPSA) is 44.4 Å². The van der Waals surface area contributed by atoms with Gasteiger partial charge in [0, 0.05) is 6.54 Å². The van der Waals surface area contributed by atoms with Gasteiger partial charge in [-0.3, -0.25) is 0 Å². The van der Waals surface area contributed by atoms with E-state index in [1.54, 1.807) is 5.01 Å². The smallest absolute Gasteiger partial charge is 0.335 e. The van der Waals surface area contributed by atoms with Crippen LogP contribution in [-0.4, -0.2) is 18.1 Å². The molecule has 0 aromatic heterocycles. The Morgan fingerprint density at radius 2 is 2.14 bits per heavy atom. The quantitative estimate of drug-likeness (QED) is 0.837. The molecule has 2 atom stereocenters. The zero-order chi connectivity index (χ0) is 14.7. The number of hydrogen-bond acceptors (Lipinski definition) is 2. The van der Waals surface area contributed by atoms with Crippen LogP contribution < -0.4 is 15.8 Å². The molecule has 2 fully saturated rings. The van der Waals surface area contributed by atoms with Crippen molar-refractivity contribution in [1.29, 1.82) is 0 Å². The Morgan fingerprint density at radius 3 is 2.90 bits per heavy atom. The lowest BCUT2D eigenvalue weighted by Crippen LogP contribution is -2.72. The number of carbonyl (C=O) groups is 1. The SMILES string of the molecule is C=CC[C@H]1CCCC[C@]12CNC(=O)N(c1ccccc1)N2. The van der Waals surface area contributed by atoms with E-state index in [2.05, 4.69) is 17.3 Å². The fourth-order valence-electron chi connectivity index (χ4n) is 3.62. The van der Waals surface area contributed by atoms with Gasteiger partial charge in [-0.15, -0.1) is 6.58 Å². The molecule has 21 heavy (non-hydrogen) atoms. The summed E-state index contributed by atoms with van der Waals surface area (Å²) in [5, 5.41) is 4.74. The number of benzene rings is 1. The van der Waals surface area contributed by atoms with Crippen LogP contribution in [0.3, 0.4) is 0 Å². The summed E-state index contributed by atoms with van der Waals surface area (Å²) >= 11 is 0. The number of rotatable bonds is 3. The average molecular weight is 285 g/mol. The van der Waals surface area contributed by atoms with Crippen molar-refractivity contribution in [3.05, 3.63) is 43.0 Å². The Balaban J connectivity index is 1.87. The van der Waals surface area contributed by atoms with Crippen molar-refractivity contribution in [2.45, 2.75) is 37.6 Å². The van der Waals surface area contributed by atoms with Crippen molar-refractivity contribution in [1.82, 2.24) is 10.7 Å². The summed E-state index contributed by atoms with van der Waals surface area (Å²) in [7, 11) is 0. The first kappa shape index (κ1) is 14.1. The lowest BCUT2D eigenvalue weighted by molar-refractivity contribution is 0.121. The summed E-state index contributed by atoms with van der Waals surface area (Å²) in [6.07, 6.45) is 7.75. The Kier molecular flexibility index (Phi) is 3.97. The van der Waals surface area contributed by atoms with Crippen LogP contribution in [0.2, 0.25) is 0 Å². The monoisotopic (exact) mass is 285 g/mol. The van der Waals surface area contributed by atoms with Crippen LogP contribution in [0.15, 0.2) is 43.0 Å². The molecule has 1 saturated carbocycles. The number of carbonyl (C=O) groups excluding carboxylic acids is 1. The van der Waals surface area contributed by atoms with Gasteiger partial charge in [-0.05, 0) is 37.3 Å². The van der Waals surface area contributed by atoms with Gasteiger partial charge >= 0.3 is 6.03 Å². The van der Waals surface area contributed by atoms with Crippen molar-refractivity contribution in [3.63, 3.8) is 0 Å². The number of nitrogens with one attached hydrogen (secondary N) is 2. The third-order valence-corrected chi connectivity index (χ3v) is 4.77. The number of amides is 2. The molecule has 112 valence electrons. The van der Waals surface area contributed by atoms with Crippen LogP contribution in [0.1, 0.15) is 32.1 Å². The highest BCUT2D eigenvalue weighted by Gasteiger charge is 2.45. The molecule has 1 aliphatic heterocycles. The zero-order valence-corrected chi connectivity index (χ0v) is 12.3. The van der Waals surface area contributed by atoms with E-state index in [0.717, 1.165) is 18.5 Å². The normalized spacial score (nSPS) is 29.2. The van der Waals surface area contributed by atoms with Crippen LogP contribution in [0.4, 0.5) is 10.5 Å². The molecule has 1 heterocycles. The largest absolute Gasteiger partial charge is 0.336 e. The Hall–Kier alpha value is -1.81. The highest BCUT2D eigenvalue weighted by Crippen LogP contribution is 2.38. The minimum absolute atomic E-state index is 0.0454. The van der Waals surface area contributed by atoms with Gasteiger partial charge in [0.2, 0.25) is 0 Å². The number of nitrogens with zero attached hydrogens (tertiary/aromatic N) is 1. The molecule has 0 unspecified atom stereocenters.